The van der Waals surface area contributed by atoms with Crippen molar-refractivity contribution < 1.29 is 8.66 Å². The van der Waals surface area contributed by atoms with Gasteiger partial charge in [-0.1, -0.05) is 36.4 Å². The first-order valence-corrected chi connectivity index (χ1v) is 6.87. The number of rotatable bonds is 4. The Morgan fingerprint density at radius 1 is 0.684 bits per heavy atom. The van der Waals surface area contributed by atoms with Crippen LogP contribution >= 0.6 is 10.4 Å². The van der Waals surface area contributed by atoms with Crippen LogP contribution in [0.15, 0.2) is 70.5 Å². The lowest BCUT2D eigenvalue weighted by atomic mass is 10.4. The molecule has 0 aliphatic rings. The van der Waals surface area contributed by atoms with E-state index in [0.717, 1.165) is 0 Å². The van der Waals surface area contributed by atoms with Crippen molar-refractivity contribution in [3.8, 4) is 0 Å². The quantitative estimate of drug-likeness (QED) is 0.634. The smallest absolute Gasteiger partial charge is 0.247 e. The molecule has 98 valence electrons. The van der Waals surface area contributed by atoms with Crippen molar-refractivity contribution in [2.75, 3.05) is 0 Å². The number of nitrogens with zero attached hydrogens (tertiary/aromatic N) is 2. The van der Waals surface area contributed by atoms with Crippen LogP contribution in [0.4, 0.5) is 0 Å². The third-order valence-corrected chi connectivity index (χ3v) is 5.30. The number of hydrogen-bond donors (Lipinski definition) is 0. The molecule has 0 radical (unpaired) electrons. The monoisotopic (exact) mass is 278 g/mol. The van der Waals surface area contributed by atoms with E-state index in [9.17, 15) is 20.2 Å². The standard InChI is InChI=1S/C12H10N2O4S/c15-13(16)19(14(17)18,11-7-3-1-4-8-11)12-9-5-2-6-10-12/h1-10H. The van der Waals surface area contributed by atoms with Crippen molar-refractivity contribution in [1.82, 2.24) is 0 Å². The minimum absolute atomic E-state index is 0.108. The Bertz CT molecular complexity index is 548. The largest absolute Gasteiger partial charge is 0.337 e. The van der Waals surface area contributed by atoms with Gasteiger partial charge in [-0.3, -0.25) is 0 Å². The minimum atomic E-state index is -3.54. The van der Waals surface area contributed by atoms with E-state index in [0.29, 0.717) is 0 Å². The second-order valence-electron chi connectivity index (χ2n) is 3.62. The van der Waals surface area contributed by atoms with Gasteiger partial charge >= 0.3 is 10.4 Å². The molecule has 2 rings (SSSR count). The normalized spacial score (nSPS) is 11.8. The molecule has 0 spiro atoms. The Morgan fingerprint density at radius 3 is 1.26 bits per heavy atom. The van der Waals surface area contributed by atoms with E-state index in [1.54, 1.807) is 36.4 Å². The van der Waals surface area contributed by atoms with Gasteiger partial charge in [0.2, 0.25) is 0 Å². The number of nitro groups is 2. The van der Waals surface area contributed by atoms with Gasteiger partial charge in [-0.25, -0.2) is 20.2 Å². The van der Waals surface area contributed by atoms with Crippen molar-refractivity contribution in [3.05, 3.63) is 80.9 Å². The third-order valence-electron chi connectivity index (χ3n) is 2.58. The highest BCUT2D eigenvalue weighted by molar-refractivity contribution is 8.23. The predicted octanol–water partition coefficient (Wildman–Crippen LogP) is 3.29. The molecule has 0 heterocycles. The molecule has 0 fully saturated rings. The first kappa shape index (κ1) is 13.0. The van der Waals surface area contributed by atoms with Crippen molar-refractivity contribution in [2.45, 2.75) is 9.79 Å². The fourth-order valence-corrected chi connectivity index (χ4v) is 3.90. The summed E-state index contributed by atoms with van der Waals surface area (Å²) in [5, 5.41) is 22.9. The molecule has 0 saturated carbocycles. The lowest BCUT2D eigenvalue weighted by Crippen LogP contribution is -2.20. The molecule has 0 amide bonds. The molecule has 0 bridgehead atoms. The molecule has 7 heteroatoms. The van der Waals surface area contributed by atoms with E-state index in [1.165, 1.54) is 24.3 Å². The molecule has 0 aliphatic heterocycles. The second-order valence-corrected chi connectivity index (χ2v) is 6.26. The summed E-state index contributed by atoms with van der Waals surface area (Å²) in [4.78, 5) is 23.1. The van der Waals surface area contributed by atoms with E-state index in [-0.39, 0.29) is 9.79 Å². The molecule has 0 saturated heterocycles. The Kier molecular flexibility index (Phi) is 3.48. The average molecular weight is 278 g/mol. The van der Waals surface area contributed by atoms with Crippen LogP contribution in [0.1, 0.15) is 0 Å². The summed E-state index contributed by atoms with van der Waals surface area (Å²) in [6.07, 6.45) is 0. The molecule has 0 aromatic heterocycles. The molecule has 0 aliphatic carbocycles. The van der Waals surface area contributed by atoms with Gasteiger partial charge in [0, 0.05) is 0 Å². The Labute approximate surface area is 110 Å². The van der Waals surface area contributed by atoms with E-state index in [4.69, 9.17) is 0 Å². The van der Waals surface area contributed by atoms with Crippen LogP contribution in [-0.2, 0) is 0 Å². The average Bonchev–Trinajstić information content (AvgIpc) is 2.41. The van der Waals surface area contributed by atoms with Gasteiger partial charge in [0.1, 0.15) is 18.4 Å². The van der Waals surface area contributed by atoms with Gasteiger partial charge in [0.15, 0.2) is 0 Å². The van der Waals surface area contributed by atoms with Crippen LogP contribution in [0, 0.1) is 20.2 Å². The van der Waals surface area contributed by atoms with Gasteiger partial charge in [-0.2, -0.15) is 0 Å². The highest BCUT2D eigenvalue weighted by Crippen LogP contribution is 2.62. The van der Waals surface area contributed by atoms with Crippen LogP contribution in [0.3, 0.4) is 0 Å². The van der Waals surface area contributed by atoms with Gasteiger partial charge < -0.3 is 0 Å². The van der Waals surface area contributed by atoms with Crippen LogP contribution < -0.4 is 0 Å². The Hall–Kier alpha value is -2.41. The zero-order valence-corrected chi connectivity index (χ0v) is 10.5. The zero-order valence-electron chi connectivity index (χ0n) is 9.71. The number of hydrogen-bond acceptors (Lipinski definition) is 4. The van der Waals surface area contributed by atoms with Crippen molar-refractivity contribution in [2.24, 2.45) is 0 Å². The van der Waals surface area contributed by atoms with Crippen LogP contribution in [0.25, 0.3) is 0 Å². The molecule has 0 atom stereocenters. The SMILES string of the molecule is O=[N+]([O-])S(c1ccccc1)(c1ccccc1)[N+](=O)[O-]. The fraction of sp³-hybridized carbons (Fsp3) is 0. The first-order valence-electron chi connectivity index (χ1n) is 5.33. The molecule has 2 aromatic carbocycles. The first-order chi connectivity index (χ1) is 9.10. The van der Waals surface area contributed by atoms with Crippen LogP contribution in [0.5, 0.6) is 0 Å². The lowest BCUT2D eigenvalue weighted by molar-refractivity contribution is -0.411. The van der Waals surface area contributed by atoms with Gasteiger partial charge in [0.05, 0.1) is 0 Å². The summed E-state index contributed by atoms with van der Waals surface area (Å²) in [7, 11) is -3.54. The molecular weight excluding hydrogens is 268 g/mol. The minimum Gasteiger partial charge on any atom is -0.247 e. The van der Waals surface area contributed by atoms with Crippen LogP contribution in [-0.4, -0.2) is 8.66 Å². The summed E-state index contributed by atoms with van der Waals surface area (Å²) in [6.45, 7) is 0. The van der Waals surface area contributed by atoms with Crippen molar-refractivity contribution >= 4 is 10.4 Å². The zero-order chi connectivity index (χ0) is 13.9. The summed E-state index contributed by atoms with van der Waals surface area (Å²) in [6, 6.07) is 15.3. The topological polar surface area (TPSA) is 86.3 Å². The molecular formula is C12H10N2O4S. The summed E-state index contributed by atoms with van der Waals surface area (Å²) in [5.74, 6) is 0. The van der Waals surface area contributed by atoms with Gasteiger partial charge in [-0.05, 0) is 24.3 Å². The van der Waals surface area contributed by atoms with Crippen molar-refractivity contribution in [3.63, 3.8) is 0 Å². The van der Waals surface area contributed by atoms with Gasteiger partial charge in [-0.15, -0.1) is 0 Å². The van der Waals surface area contributed by atoms with Crippen molar-refractivity contribution in [1.29, 1.82) is 0 Å². The van der Waals surface area contributed by atoms with E-state index in [2.05, 4.69) is 0 Å². The maximum absolute atomic E-state index is 11.5. The van der Waals surface area contributed by atoms with Gasteiger partial charge in [0.25, 0.3) is 0 Å². The Balaban J connectivity index is 2.77. The maximum Gasteiger partial charge on any atom is 0.337 e. The highest BCUT2D eigenvalue weighted by atomic mass is 32.3. The second kappa shape index (κ2) is 5.07. The van der Waals surface area contributed by atoms with Crippen LogP contribution in [0.2, 0.25) is 0 Å². The summed E-state index contributed by atoms with van der Waals surface area (Å²) < 4.78 is -1.56. The van der Waals surface area contributed by atoms with E-state index < -0.39 is 19.1 Å². The molecule has 19 heavy (non-hydrogen) atoms. The maximum atomic E-state index is 11.5. The number of benzene rings is 2. The third kappa shape index (κ3) is 2.04. The molecule has 0 N–H and O–H groups in total. The Morgan fingerprint density at radius 2 is 1.00 bits per heavy atom. The van der Waals surface area contributed by atoms with E-state index in [1.807, 2.05) is 0 Å². The molecule has 6 nitrogen and oxygen atoms in total. The van der Waals surface area contributed by atoms with E-state index >= 15 is 0 Å². The fourth-order valence-electron chi connectivity index (χ4n) is 1.76. The highest BCUT2D eigenvalue weighted by Gasteiger charge is 2.53. The lowest BCUT2D eigenvalue weighted by Gasteiger charge is -2.20. The summed E-state index contributed by atoms with van der Waals surface area (Å²) >= 11 is 0. The summed E-state index contributed by atoms with van der Waals surface area (Å²) in [5.41, 5.74) is 0. The molecule has 0 unspecified atom stereocenters. The predicted molar refractivity (Wildman–Crippen MR) is 71.0 cm³/mol. The molecule has 2 aromatic rings.